The largest absolute Gasteiger partial charge is 0.416 e. The van der Waals surface area contributed by atoms with Crippen LogP contribution >= 0.6 is 22.6 Å². The van der Waals surface area contributed by atoms with Crippen molar-refractivity contribution in [2.75, 3.05) is 0 Å². The zero-order valence-electron chi connectivity index (χ0n) is 26.1. The predicted octanol–water partition coefficient (Wildman–Crippen LogP) is 10.7. The highest BCUT2D eigenvalue weighted by molar-refractivity contribution is 14.1. The zero-order valence-corrected chi connectivity index (χ0v) is 29.2. The van der Waals surface area contributed by atoms with Crippen LogP contribution in [-0.4, -0.2) is 17.2 Å². The molecule has 0 bridgehead atoms. The smallest absolute Gasteiger partial charge is 0.410 e. The number of hydrogen-bond donors (Lipinski definition) is 0. The molecule has 230 valence electrons. The fourth-order valence-corrected chi connectivity index (χ4v) is 9.88. The molecule has 3 nitrogen and oxygen atoms in total. The van der Waals surface area contributed by atoms with Crippen molar-refractivity contribution in [1.29, 1.82) is 0 Å². The maximum Gasteiger partial charge on any atom is 0.416 e. The van der Waals surface area contributed by atoms with Crippen LogP contribution in [0.25, 0.3) is 0 Å². The molecule has 4 aliphatic rings. The van der Waals surface area contributed by atoms with E-state index < -0.39 is 31.8 Å². The van der Waals surface area contributed by atoms with Crippen LogP contribution in [0.1, 0.15) is 137 Å². The molecule has 4 atom stereocenters. The number of hydrogen-bond acceptors (Lipinski definition) is 3. The van der Waals surface area contributed by atoms with Crippen molar-refractivity contribution >= 4 is 30.9 Å². The molecule has 3 aliphatic carbocycles. The Morgan fingerprint density at radius 2 is 1.67 bits per heavy atom. The number of alkyl halides is 4. The van der Waals surface area contributed by atoms with E-state index in [1.54, 1.807) is 12.1 Å². The Kier molecular flexibility index (Phi) is 7.59. The number of aromatic nitrogens is 1. The average molecular weight is 712 g/mol. The fraction of sp³-hybridized carbons (Fsp3) is 0.676. The van der Waals surface area contributed by atoms with Crippen molar-refractivity contribution in [3.05, 3.63) is 63.5 Å². The van der Waals surface area contributed by atoms with E-state index in [2.05, 4.69) is 70.3 Å². The number of ether oxygens (including phenoxy) is 1. The highest BCUT2D eigenvalue weighted by Gasteiger charge is 2.57. The van der Waals surface area contributed by atoms with Crippen LogP contribution in [0, 0.1) is 5.41 Å². The first-order valence-electron chi connectivity index (χ1n) is 15.7. The summed E-state index contributed by atoms with van der Waals surface area (Å²) in [4.78, 5) is 5.53. The van der Waals surface area contributed by atoms with Crippen LogP contribution in [0.2, 0.25) is 18.1 Å². The summed E-state index contributed by atoms with van der Waals surface area (Å²) in [5.74, 6) is 0.374. The van der Waals surface area contributed by atoms with E-state index in [1.807, 2.05) is 0 Å². The molecular formula is C34H45F3INO2Si. The normalized spacial score (nSPS) is 29.5. The second kappa shape index (κ2) is 10.3. The van der Waals surface area contributed by atoms with Crippen LogP contribution in [0.4, 0.5) is 13.2 Å². The van der Waals surface area contributed by atoms with Gasteiger partial charge in [0, 0.05) is 32.2 Å². The molecule has 0 saturated heterocycles. The third kappa shape index (κ3) is 5.12. The van der Waals surface area contributed by atoms with Gasteiger partial charge in [0.15, 0.2) is 8.32 Å². The molecule has 2 heterocycles. The summed E-state index contributed by atoms with van der Waals surface area (Å²) < 4.78 is 55.4. The van der Waals surface area contributed by atoms with Gasteiger partial charge in [0.05, 0.1) is 17.4 Å². The molecular weight excluding hydrogens is 666 g/mol. The Hall–Kier alpha value is -0.973. The molecule has 0 radical (unpaired) electrons. The lowest BCUT2D eigenvalue weighted by Gasteiger charge is -2.46. The Labute approximate surface area is 264 Å². The van der Waals surface area contributed by atoms with Gasteiger partial charge >= 0.3 is 6.18 Å². The molecule has 42 heavy (non-hydrogen) atoms. The highest BCUT2D eigenvalue weighted by Crippen LogP contribution is 2.62. The highest BCUT2D eigenvalue weighted by atomic mass is 127. The molecule has 1 aromatic heterocycles. The molecule has 3 unspecified atom stereocenters. The van der Waals surface area contributed by atoms with Gasteiger partial charge in [0.1, 0.15) is 11.7 Å². The Morgan fingerprint density at radius 1 is 1.00 bits per heavy atom. The van der Waals surface area contributed by atoms with Crippen molar-refractivity contribution in [3.63, 3.8) is 0 Å². The van der Waals surface area contributed by atoms with E-state index in [1.165, 1.54) is 35.4 Å². The third-order valence-corrected chi connectivity index (χ3v) is 17.0. The summed E-state index contributed by atoms with van der Waals surface area (Å²) in [6.45, 7) is 16.2. The lowest BCUT2D eigenvalue weighted by molar-refractivity contribution is -0.137. The van der Waals surface area contributed by atoms with Gasteiger partial charge in [-0.1, -0.05) is 75.8 Å². The van der Waals surface area contributed by atoms with Gasteiger partial charge in [-0.25, -0.2) is 0 Å². The van der Waals surface area contributed by atoms with Crippen LogP contribution in [0.3, 0.4) is 0 Å². The maximum atomic E-state index is 13.5. The van der Waals surface area contributed by atoms with Crippen LogP contribution in [-0.2, 0) is 27.4 Å². The molecule has 8 heteroatoms. The number of nitrogens with zero attached hydrogens (tertiary/aromatic N) is 1. The summed E-state index contributed by atoms with van der Waals surface area (Å²) in [6.07, 6.45) is 3.41. The van der Waals surface area contributed by atoms with E-state index >= 15 is 0 Å². The third-order valence-electron chi connectivity index (χ3n) is 10.9. The number of pyridine rings is 1. The van der Waals surface area contributed by atoms with Gasteiger partial charge in [-0.2, -0.15) is 13.2 Å². The van der Waals surface area contributed by atoms with Gasteiger partial charge < -0.3 is 9.16 Å². The van der Waals surface area contributed by atoms with E-state index in [-0.39, 0.29) is 20.5 Å². The lowest BCUT2D eigenvalue weighted by Crippen LogP contribution is -2.44. The Bertz CT molecular complexity index is 1360. The first-order valence-corrected chi connectivity index (χ1v) is 19.8. The van der Waals surface area contributed by atoms with Gasteiger partial charge in [-0.3, -0.25) is 4.98 Å². The number of rotatable bonds is 4. The van der Waals surface area contributed by atoms with Crippen molar-refractivity contribution in [1.82, 2.24) is 4.98 Å². The van der Waals surface area contributed by atoms with Crippen LogP contribution in [0.15, 0.2) is 24.3 Å². The Balaban J connectivity index is 1.60. The summed E-state index contributed by atoms with van der Waals surface area (Å²) in [6, 6.07) is 5.68. The molecule has 2 saturated carbocycles. The van der Waals surface area contributed by atoms with Gasteiger partial charge in [-0.15, -0.1) is 0 Å². The second-order valence-corrected chi connectivity index (χ2v) is 21.8. The van der Waals surface area contributed by atoms with Gasteiger partial charge in [-0.05, 0) is 86.2 Å². The minimum Gasteiger partial charge on any atom is -0.410 e. The predicted molar refractivity (Wildman–Crippen MR) is 172 cm³/mol. The summed E-state index contributed by atoms with van der Waals surface area (Å²) in [5.41, 5.74) is 5.72. The number of benzene rings is 1. The van der Waals surface area contributed by atoms with Gasteiger partial charge in [0.2, 0.25) is 0 Å². The van der Waals surface area contributed by atoms with Crippen molar-refractivity contribution in [2.24, 2.45) is 5.41 Å². The zero-order chi connectivity index (χ0) is 30.5. The first-order chi connectivity index (χ1) is 19.4. The topological polar surface area (TPSA) is 31.4 Å². The molecule has 1 spiro atoms. The molecule has 2 aromatic rings. The lowest BCUT2D eigenvalue weighted by atomic mass is 9.69. The molecule has 1 aromatic carbocycles. The minimum atomic E-state index is -4.37. The van der Waals surface area contributed by atoms with E-state index in [4.69, 9.17) is 14.1 Å². The van der Waals surface area contributed by atoms with Gasteiger partial charge in [0.25, 0.3) is 0 Å². The quantitative estimate of drug-likeness (QED) is 0.180. The molecule has 0 N–H and O–H groups in total. The summed E-state index contributed by atoms with van der Waals surface area (Å²) >= 11 is 2.58. The van der Waals surface area contributed by atoms with Crippen LogP contribution in [0.5, 0.6) is 0 Å². The van der Waals surface area contributed by atoms with Crippen molar-refractivity contribution in [2.45, 2.75) is 138 Å². The maximum absolute atomic E-state index is 13.5. The monoisotopic (exact) mass is 711 g/mol. The standard InChI is InChI=1S/C34H45F3INO2Si/c1-31(2,3)42(6,7)41-24-19-32(4,5)18-23-26(24)28-27(29(39-23)20-10-8-11-20)30(40-33(28)17-9-12-25(33)38)21-13-15-22(16-14-21)34(35,36)37/h13-16,20,24-25,30H,8-12,17-19H2,1-7H3/t24?,25?,30-,33?/m1/s1. The molecule has 2 fully saturated rings. The number of fused-ring (bicyclic) bond motifs is 4. The van der Waals surface area contributed by atoms with E-state index in [0.717, 1.165) is 61.8 Å². The molecule has 1 aliphatic heterocycles. The summed E-state index contributed by atoms with van der Waals surface area (Å²) in [5, 5.41) is 0.0628. The fourth-order valence-electron chi connectivity index (χ4n) is 7.40. The van der Waals surface area contributed by atoms with Crippen LogP contribution < -0.4 is 0 Å². The molecule has 0 amide bonds. The first kappa shape index (κ1) is 31.0. The van der Waals surface area contributed by atoms with E-state index in [9.17, 15) is 13.2 Å². The summed E-state index contributed by atoms with van der Waals surface area (Å²) in [7, 11) is -2.14. The number of halogens is 4. The minimum absolute atomic E-state index is 0.0526. The SMILES string of the molecule is CC1(C)Cc2nc(C3CCC3)c3c(c2C(O[Si](C)(C)C(C)(C)C)C1)C1(CCCC1I)O[C@@H]3c1ccc(C(F)(F)F)cc1. The molecule has 6 rings (SSSR count). The Morgan fingerprint density at radius 3 is 2.19 bits per heavy atom. The second-order valence-electron chi connectivity index (χ2n) is 15.6. The van der Waals surface area contributed by atoms with Crippen molar-refractivity contribution in [3.8, 4) is 0 Å². The van der Waals surface area contributed by atoms with Crippen molar-refractivity contribution < 1.29 is 22.3 Å². The van der Waals surface area contributed by atoms with E-state index in [0.29, 0.717) is 5.92 Å². The average Bonchev–Trinajstić information content (AvgIpc) is 3.36.